The molecule has 19 heavy (non-hydrogen) atoms. The van der Waals surface area contributed by atoms with Crippen LogP contribution in [0.5, 0.6) is 0 Å². The monoisotopic (exact) mass is 264 g/mol. The molecule has 2 unspecified atom stereocenters. The van der Waals surface area contributed by atoms with Gasteiger partial charge in [0.05, 0.1) is 0 Å². The van der Waals surface area contributed by atoms with Crippen molar-refractivity contribution in [2.45, 2.75) is 72.8 Å². The predicted octanol–water partition coefficient (Wildman–Crippen LogP) is 4.18. The summed E-state index contributed by atoms with van der Waals surface area (Å²) in [6.07, 6.45) is 6.49. The summed E-state index contributed by atoms with van der Waals surface area (Å²) in [5.74, 6) is 1.50. The normalized spacial score (nSPS) is 45.8. The quantitative estimate of drug-likeness (QED) is 0.664. The Bertz CT molecular complexity index is 409. The van der Waals surface area contributed by atoms with Crippen LogP contribution in [0.4, 0.5) is 0 Å². The summed E-state index contributed by atoms with van der Waals surface area (Å²) < 4.78 is 5.59. The van der Waals surface area contributed by atoms with Crippen molar-refractivity contribution in [3.8, 4) is 0 Å². The van der Waals surface area contributed by atoms with Crippen LogP contribution in [0.3, 0.4) is 0 Å². The first kappa shape index (κ1) is 13.5. The number of carbonyl (C=O) groups is 1. The van der Waals surface area contributed by atoms with Gasteiger partial charge in [0.1, 0.15) is 6.10 Å². The maximum Gasteiger partial charge on any atom is 0.302 e. The van der Waals surface area contributed by atoms with Crippen LogP contribution in [0.15, 0.2) is 0 Å². The fourth-order valence-electron chi connectivity index (χ4n) is 6.08. The summed E-state index contributed by atoms with van der Waals surface area (Å²) in [5.41, 5.74) is 1.24. The molecule has 0 amide bonds. The summed E-state index contributed by atoms with van der Waals surface area (Å²) in [6, 6.07) is 0. The molecule has 0 aromatic heterocycles. The van der Waals surface area contributed by atoms with Gasteiger partial charge in [-0.25, -0.2) is 0 Å². The van der Waals surface area contributed by atoms with Crippen LogP contribution >= 0.6 is 0 Å². The van der Waals surface area contributed by atoms with Crippen LogP contribution in [0.2, 0.25) is 0 Å². The van der Waals surface area contributed by atoms with Crippen molar-refractivity contribution < 1.29 is 9.53 Å². The SMILES string of the molecule is CC(=O)OC1CC2C(C)(C)[C@H]3CC[C@@]2(C3)C(C)(C)C1. The minimum absolute atomic E-state index is 0.113. The van der Waals surface area contributed by atoms with E-state index in [9.17, 15) is 4.79 Å². The van der Waals surface area contributed by atoms with Crippen LogP contribution in [0.25, 0.3) is 0 Å². The van der Waals surface area contributed by atoms with Crippen LogP contribution in [0, 0.1) is 28.1 Å². The highest BCUT2D eigenvalue weighted by Gasteiger charge is 2.68. The molecule has 3 aliphatic rings. The molecule has 0 N–H and O–H groups in total. The van der Waals surface area contributed by atoms with Gasteiger partial charge in [-0.1, -0.05) is 27.7 Å². The first-order valence-corrected chi connectivity index (χ1v) is 7.86. The number of hydrogen-bond acceptors (Lipinski definition) is 2. The average molecular weight is 264 g/mol. The standard InChI is InChI=1S/C17H28O2/c1-11(18)19-13-8-14-16(4,5)12-6-7-17(14,9-12)15(2,3)10-13/h12-14H,6-10H2,1-5H3/t12-,13?,14?,17-/m0/s1. The van der Waals surface area contributed by atoms with E-state index in [4.69, 9.17) is 4.74 Å². The van der Waals surface area contributed by atoms with E-state index in [2.05, 4.69) is 27.7 Å². The van der Waals surface area contributed by atoms with E-state index in [1.54, 1.807) is 6.92 Å². The third-order valence-corrected chi connectivity index (χ3v) is 7.08. The zero-order chi connectivity index (χ0) is 14.1. The third kappa shape index (κ3) is 1.64. The van der Waals surface area contributed by atoms with Gasteiger partial charge in [0.2, 0.25) is 0 Å². The highest BCUT2D eigenvalue weighted by atomic mass is 16.5. The van der Waals surface area contributed by atoms with E-state index in [0.29, 0.717) is 16.2 Å². The van der Waals surface area contributed by atoms with Crippen molar-refractivity contribution >= 4 is 5.97 Å². The van der Waals surface area contributed by atoms with E-state index in [0.717, 1.165) is 24.7 Å². The van der Waals surface area contributed by atoms with Crippen molar-refractivity contribution in [1.82, 2.24) is 0 Å². The summed E-state index contributed by atoms with van der Waals surface area (Å²) in [4.78, 5) is 11.3. The average Bonchev–Trinajstić information content (AvgIpc) is 2.75. The van der Waals surface area contributed by atoms with E-state index in [-0.39, 0.29) is 12.1 Å². The molecule has 108 valence electrons. The number of carbonyl (C=O) groups excluding carboxylic acids is 1. The van der Waals surface area contributed by atoms with Crippen molar-refractivity contribution in [3.63, 3.8) is 0 Å². The van der Waals surface area contributed by atoms with Crippen molar-refractivity contribution in [1.29, 1.82) is 0 Å². The molecule has 3 rings (SSSR count). The molecular formula is C17H28O2. The van der Waals surface area contributed by atoms with E-state index >= 15 is 0 Å². The van der Waals surface area contributed by atoms with Crippen molar-refractivity contribution in [2.24, 2.45) is 28.1 Å². The number of ether oxygens (including phenoxy) is 1. The molecule has 0 saturated heterocycles. The molecule has 3 saturated carbocycles. The molecule has 0 aromatic rings. The zero-order valence-corrected chi connectivity index (χ0v) is 13.1. The topological polar surface area (TPSA) is 26.3 Å². The molecule has 2 nitrogen and oxygen atoms in total. The minimum atomic E-state index is -0.113. The zero-order valence-electron chi connectivity index (χ0n) is 13.1. The second kappa shape index (κ2) is 3.77. The lowest BCUT2D eigenvalue weighted by Gasteiger charge is -2.57. The number of esters is 1. The number of rotatable bonds is 1. The first-order chi connectivity index (χ1) is 8.69. The summed E-state index contributed by atoms with van der Waals surface area (Å²) in [6.45, 7) is 11.3. The molecule has 4 atom stereocenters. The molecular weight excluding hydrogens is 236 g/mol. The van der Waals surface area contributed by atoms with Crippen molar-refractivity contribution in [2.75, 3.05) is 0 Å². The van der Waals surface area contributed by atoms with Gasteiger partial charge >= 0.3 is 5.97 Å². The summed E-state index contributed by atoms with van der Waals surface area (Å²) >= 11 is 0. The van der Waals surface area contributed by atoms with E-state index in [1.807, 2.05) is 0 Å². The smallest absolute Gasteiger partial charge is 0.302 e. The lowest BCUT2D eigenvalue weighted by Crippen LogP contribution is -2.52. The van der Waals surface area contributed by atoms with Crippen molar-refractivity contribution in [3.05, 3.63) is 0 Å². The van der Waals surface area contributed by atoms with Crippen LogP contribution in [-0.4, -0.2) is 12.1 Å². The Hall–Kier alpha value is -0.530. The highest BCUT2D eigenvalue weighted by Crippen LogP contribution is 2.75. The lowest BCUT2D eigenvalue weighted by atomic mass is 9.48. The molecule has 2 heteroatoms. The molecule has 1 spiro atoms. The summed E-state index contributed by atoms with van der Waals surface area (Å²) in [5, 5.41) is 0. The van der Waals surface area contributed by atoms with Crippen LogP contribution in [-0.2, 0) is 9.53 Å². The molecule has 0 aromatic carbocycles. The number of fused-ring (bicyclic) bond motifs is 1. The second-order valence-corrected chi connectivity index (χ2v) is 8.52. The molecule has 0 radical (unpaired) electrons. The Labute approximate surface area is 117 Å². The van der Waals surface area contributed by atoms with Gasteiger partial charge in [0.25, 0.3) is 0 Å². The van der Waals surface area contributed by atoms with Gasteiger partial charge in [-0.15, -0.1) is 0 Å². The van der Waals surface area contributed by atoms with Gasteiger partial charge in [0, 0.05) is 6.92 Å². The Kier molecular flexibility index (Phi) is 2.67. The van der Waals surface area contributed by atoms with Gasteiger partial charge in [0.15, 0.2) is 0 Å². The Morgan fingerprint density at radius 2 is 1.84 bits per heavy atom. The van der Waals surface area contributed by atoms with Gasteiger partial charge in [-0.3, -0.25) is 4.79 Å². The fourth-order valence-corrected chi connectivity index (χ4v) is 6.08. The van der Waals surface area contributed by atoms with Crippen LogP contribution in [0.1, 0.15) is 66.7 Å². The highest BCUT2D eigenvalue weighted by molar-refractivity contribution is 5.66. The Balaban J connectivity index is 1.94. The summed E-state index contributed by atoms with van der Waals surface area (Å²) in [7, 11) is 0. The molecule has 2 bridgehead atoms. The van der Waals surface area contributed by atoms with Crippen LogP contribution < -0.4 is 0 Å². The van der Waals surface area contributed by atoms with E-state index in [1.165, 1.54) is 19.3 Å². The second-order valence-electron chi connectivity index (χ2n) is 8.52. The minimum Gasteiger partial charge on any atom is -0.463 e. The van der Waals surface area contributed by atoms with Gasteiger partial charge in [-0.05, 0) is 60.2 Å². The Morgan fingerprint density at radius 3 is 2.47 bits per heavy atom. The maximum absolute atomic E-state index is 11.3. The molecule has 3 aliphatic carbocycles. The molecule has 0 aliphatic heterocycles. The number of hydrogen-bond donors (Lipinski definition) is 0. The molecule has 0 heterocycles. The largest absolute Gasteiger partial charge is 0.463 e. The van der Waals surface area contributed by atoms with Gasteiger partial charge in [-0.2, -0.15) is 0 Å². The lowest BCUT2D eigenvalue weighted by molar-refractivity contribution is -0.163. The fraction of sp³-hybridized carbons (Fsp3) is 0.941. The first-order valence-electron chi connectivity index (χ1n) is 7.86. The third-order valence-electron chi connectivity index (χ3n) is 7.08. The predicted molar refractivity (Wildman–Crippen MR) is 75.6 cm³/mol. The Morgan fingerprint density at radius 1 is 1.16 bits per heavy atom. The van der Waals surface area contributed by atoms with Gasteiger partial charge < -0.3 is 4.74 Å². The maximum atomic E-state index is 11.3. The molecule has 3 fully saturated rings. The van der Waals surface area contributed by atoms with E-state index < -0.39 is 0 Å².